The van der Waals surface area contributed by atoms with E-state index >= 15 is 0 Å². The van der Waals surface area contributed by atoms with Gasteiger partial charge in [-0.3, -0.25) is 14.4 Å². The minimum atomic E-state index is -0.947. The number of amides is 2. The van der Waals surface area contributed by atoms with E-state index in [1.807, 2.05) is 36.4 Å². The summed E-state index contributed by atoms with van der Waals surface area (Å²) in [6, 6.07) is 23.1. The molecule has 1 aliphatic heterocycles. The molecular formula is C34H39N3O5. The third-order valence-corrected chi connectivity index (χ3v) is 8.12. The molecule has 2 amide bonds. The van der Waals surface area contributed by atoms with Crippen molar-refractivity contribution in [3.8, 4) is 11.1 Å². The van der Waals surface area contributed by atoms with Crippen molar-refractivity contribution in [2.45, 2.75) is 45.1 Å². The van der Waals surface area contributed by atoms with Crippen LogP contribution in [-0.4, -0.2) is 60.6 Å². The molecule has 3 aromatic rings. The molecule has 1 saturated heterocycles. The zero-order chi connectivity index (χ0) is 29.3. The molecule has 2 aliphatic rings. The molecule has 0 spiro atoms. The Bertz CT molecular complexity index is 1380. The number of carbonyl (C=O) groups excluding carboxylic acids is 2. The number of anilines is 2. The van der Waals surface area contributed by atoms with Gasteiger partial charge in [0.05, 0.1) is 31.0 Å². The second kappa shape index (κ2) is 14.1. The van der Waals surface area contributed by atoms with Crippen molar-refractivity contribution in [3.05, 3.63) is 83.9 Å². The van der Waals surface area contributed by atoms with Crippen LogP contribution in [0.4, 0.5) is 11.4 Å². The fraction of sp³-hybridized carbons (Fsp3) is 0.382. The maximum atomic E-state index is 13.3. The molecular weight excluding hydrogens is 530 g/mol. The third-order valence-electron chi connectivity index (χ3n) is 8.12. The quantitative estimate of drug-likeness (QED) is 0.319. The molecule has 1 aliphatic carbocycles. The van der Waals surface area contributed by atoms with Gasteiger partial charge in [-0.1, -0.05) is 61.7 Å². The van der Waals surface area contributed by atoms with Gasteiger partial charge in [0.25, 0.3) is 5.91 Å². The minimum absolute atomic E-state index is 0.0437. The molecule has 0 bridgehead atoms. The Morgan fingerprint density at radius 1 is 0.881 bits per heavy atom. The molecule has 0 radical (unpaired) electrons. The molecule has 0 aromatic heterocycles. The largest absolute Gasteiger partial charge is 0.481 e. The summed E-state index contributed by atoms with van der Waals surface area (Å²) in [6.07, 6.45) is 5.11. The summed E-state index contributed by atoms with van der Waals surface area (Å²) < 4.78 is 5.56. The molecule has 3 aromatic carbocycles. The predicted octanol–water partition coefficient (Wildman–Crippen LogP) is 5.83. The summed E-state index contributed by atoms with van der Waals surface area (Å²) in [5.74, 6) is -1.02. The van der Waals surface area contributed by atoms with Crippen LogP contribution in [0.25, 0.3) is 11.1 Å². The topological polar surface area (TPSA) is 99.2 Å². The highest BCUT2D eigenvalue weighted by atomic mass is 16.5. The van der Waals surface area contributed by atoms with Crippen LogP contribution < -0.4 is 10.2 Å². The standard InChI is InChI=1S/C34H39N3O5/c38-32(39)16-17-37(34(41)27-11-5-2-6-12-27)24-25-8-7-13-28(22-25)29-14-15-31(36-18-20-42-21-19-36)30(23-29)35-33(40)26-9-3-1-4-10-26/h2,5-8,11-15,22-23,26H,1,3-4,9-10,16-21,24H2,(H,35,40)(H,38,39). The Kier molecular flexibility index (Phi) is 9.87. The van der Waals surface area contributed by atoms with E-state index in [9.17, 15) is 19.5 Å². The molecule has 5 rings (SSSR count). The maximum Gasteiger partial charge on any atom is 0.305 e. The average molecular weight is 570 g/mol. The van der Waals surface area contributed by atoms with E-state index in [0.717, 1.165) is 66.8 Å². The van der Waals surface area contributed by atoms with E-state index in [1.165, 1.54) is 6.42 Å². The summed E-state index contributed by atoms with van der Waals surface area (Å²) in [7, 11) is 0. The SMILES string of the molecule is O=C(O)CCN(Cc1cccc(-c2ccc(N3CCOCC3)c(NC(=O)C3CCCCC3)c2)c1)C(=O)c1ccccc1. The van der Waals surface area contributed by atoms with Gasteiger partial charge in [-0.15, -0.1) is 0 Å². The molecule has 1 saturated carbocycles. The molecule has 1 heterocycles. The van der Waals surface area contributed by atoms with Crippen molar-refractivity contribution in [2.24, 2.45) is 5.92 Å². The van der Waals surface area contributed by atoms with Crippen LogP contribution >= 0.6 is 0 Å². The number of carboxylic acid groups (broad SMARTS) is 1. The summed E-state index contributed by atoms with van der Waals surface area (Å²) in [6.45, 7) is 3.23. The first kappa shape index (κ1) is 29.3. The summed E-state index contributed by atoms with van der Waals surface area (Å²) in [4.78, 5) is 41.7. The van der Waals surface area contributed by atoms with Gasteiger partial charge in [0, 0.05) is 37.7 Å². The number of hydrogen-bond acceptors (Lipinski definition) is 5. The second-order valence-corrected chi connectivity index (χ2v) is 11.1. The Hall–Kier alpha value is -4.17. The molecule has 0 unspecified atom stereocenters. The van der Waals surface area contributed by atoms with Crippen LogP contribution in [0, 0.1) is 5.92 Å². The van der Waals surface area contributed by atoms with Crippen molar-refractivity contribution in [2.75, 3.05) is 43.1 Å². The number of hydrogen-bond donors (Lipinski definition) is 2. The van der Waals surface area contributed by atoms with Gasteiger partial charge in [-0.25, -0.2) is 0 Å². The first-order chi connectivity index (χ1) is 20.5. The summed E-state index contributed by atoms with van der Waals surface area (Å²) >= 11 is 0. The smallest absolute Gasteiger partial charge is 0.305 e. The molecule has 8 nitrogen and oxygen atoms in total. The highest BCUT2D eigenvalue weighted by Crippen LogP contribution is 2.34. The predicted molar refractivity (Wildman–Crippen MR) is 164 cm³/mol. The van der Waals surface area contributed by atoms with Crippen LogP contribution in [0.5, 0.6) is 0 Å². The minimum Gasteiger partial charge on any atom is -0.481 e. The van der Waals surface area contributed by atoms with Crippen LogP contribution in [0.15, 0.2) is 72.8 Å². The number of nitrogens with one attached hydrogen (secondary N) is 1. The number of benzene rings is 3. The fourth-order valence-electron chi connectivity index (χ4n) is 5.81. The molecule has 2 N–H and O–H groups in total. The zero-order valence-corrected chi connectivity index (χ0v) is 24.0. The fourth-order valence-corrected chi connectivity index (χ4v) is 5.81. The third kappa shape index (κ3) is 7.56. The maximum absolute atomic E-state index is 13.3. The molecule has 0 atom stereocenters. The normalized spacial score (nSPS) is 15.7. The lowest BCUT2D eigenvalue weighted by Gasteiger charge is -2.31. The Morgan fingerprint density at radius 3 is 2.36 bits per heavy atom. The van der Waals surface area contributed by atoms with Gasteiger partial charge in [-0.2, -0.15) is 0 Å². The Labute approximate surface area is 247 Å². The summed E-state index contributed by atoms with van der Waals surface area (Å²) in [5.41, 5.74) is 5.13. The van der Waals surface area contributed by atoms with E-state index in [-0.39, 0.29) is 37.2 Å². The van der Waals surface area contributed by atoms with Crippen molar-refractivity contribution in [3.63, 3.8) is 0 Å². The number of rotatable bonds is 10. The van der Waals surface area contributed by atoms with Crippen LogP contribution in [0.1, 0.15) is 54.4 Å². The van der Waals surface area contributed by atoms with E-state index < -0.39 is 5.97 Å². The lowest BCUT2D eigenvalue weighted by atomic mass is 9.88. The highest BCUT2D eigenvalue weighted by molar-refractivity contribution is 5.97. The molecule has 220 valence electrons. The first-order valence-corrected chi connectivity index (χ1v) is 14.9. The first-order valence-electron chi connectivity index (χ1n) is 14.9. The monoisotopic (exact) mass is 569 g/mol. The number of aliphatic carboxylic acids is 1. The number of ether oxygens (including phenoxy) is 1. The Balaban J connectivity index is 1.40. The van der Waals surface area contributed by atoms with Gasteiger partial charge in [0.1, 0.15) is 0 Å². The number of carboxylic acids is 1. The van der Waals surface area contributed by atoms with Gasteiger partial charge >= 0.3 is 5.97 Å². The summed E-state index contributed by atoms with van der Waals surface area (Å²) in [5, 5.41) is 12.5. The van der Waals surface area contributed by atoms with E-state index in [1.54, 1.807) is 29.2 Å². The van der Waals surface area contributed by atoms with Crippen LogP contribution in [0.2, 0.25) is 0 Å². The number of nitrogens with zero attached hydrogens (tertiary/aromatic N) is 2. The van der Waals surface area contributed by atoms with Gasteiger partial charge in [-0.05, 0) is 59.9 Å². The van der Waals surface area contributed by atoms with Gasteiger partial charge < -0.3 is 25.0 Å². The Morgan fingerprint density at radius 2 is 1.62 bits per heavy atom. The average Bonchev–Trinajstić information content (AvgIpc) is 3.04. The van der Waals surface area contributed by atoms with E-state index in [0.29, 0.717) is 18.8 Å². The number of morpholine rings is 1. The van der Waals surface area contributed by atoms with Crippen LogP contribution in [0.3, 0.4) is 0 Å². The van der Waals surface area contributed by atoms with Crippen molar-refractivity contribution >= 4 is 29.2 Å². The second-order valence-electron chi connectivity index (χ2n) is 11.1. The number of carbonyl (C=O) groups is 3. The lowest BCUT2D eigenvalue weighted by Crippen LogP contribution is -2.37. The van der Waals surface area contributed by atoms with E-state index in [4.69, 9.17) is 4.74 Å². The lowest BCUT2D eigenvalue weighted by molar-refractivity contribution is -0.137. The molecule has 8 heteroatoms. The molecule has 2 fully saturated rings. The van der Waals surface area contributed by atoms with Crippen molar-refractivity contribution in [1.29, 1.82) is 0 Å². The molecule has 42 heavy (non-hydrogen) atoms. The zero-order valence-electron chi connectivity index (χ0n) is 24.0. The van der Waals surface area contributed by atoms with Gasteiger partial charge in [0.15, 0.2) is 0 Å². The van der Waals surface area contributed by atoms with Crippen LogP contribution in [-0.2, 0) is 20.9 Å². The van der Waals surface area contributed by atoms with Crippen molar-refractivity contribution < 1.29 is 24.2 Å². The van der Waals surface area contributed by atoms with Gasteiger partial charge in [0.2, 0.25) is 5.91 Å². The highest BCUT2D eigenvalue weighted by Gasteiger charge is 2.24. The van der Waals surface area contributed by atoms with E-state index in [2.05, 4.69) is 22.3 Å². The van der Waals surface area contributed by atoms with Crippen molar-refractivity contribution in [1.82, 2.24) is 4.90 Å².